The van der Waals surface area contributed by atoms with Crippen LogP contribution >= 0.6 is 20.1 Å². The van der Waals surface area contributed by atoms with Crippen molar-refractivity contribution < 1.29 is 25.2 Å². The van der Waals surface area contributed by atoms with Crippen LogP contribution in [0.4, 0.5) is 17.2 Å². The van der Waals surface area contributed by atoms with Crippen LogP contribution < -0.4 is 25.2 Å². The minimum Gasteiger partial charge on any atom is -0.503 e. The van der Waals surface area contributed by atoms with Gasteiger partial charge in [0, 0.05) is 50.6 Å². The summed E-state index contributed by atoms with van der Waals surface area (Å²) in [5.74, 6) is 2.87. The molecule has 0 saturated carbocycles. The summed E-state index contributed by atoms with van der Waals surface area (Å²) in [6.45, 7) is 0. The minimum absolute atomic E-state index is 0. The second kappa shape index (κ2) is 12.9. The molecule has 6 aromatic carbocycles. The smallest absolute Gasteiger partial charge is 0.503 e. The molecule has 0 saturated heterocycles. The summed E-state index contributed by atoms with van der Waals surface area (Å²) in [6, 6.07) is 56.0. The molecular weight excluding hydrogens is 786 g/mol. The zero-order valence-electron chi connectivity index (χ0n) is 27.9. The van der Waals surface area contributed by atoms with Gasteiger partial charge in [0.05, 0.1) is 16.9 Å². The van der Waals surface area contributed by atoms with Crippen molar-refractivity contribution in [2.45, 2.75) is 0 Å². The molecule has 3 aromatic heterocycles. The van der Waals surface area contributed by atoms with E-state index < -0.39 is 7.74 Å². The number of aryl methyl sites for hydroxylation is 1. The largest absolute Gasteiger partial charge is 2.00 e. The van der Waals surface area contributed by atoms with Crippen LogP contribution in [0.2, 0.25) is 0 Å². The van der Waals surface area contributed by atoms with Crippen LogP contribution in [0.3, 0.4) is 0 Å². The molecule has 0 spiro atoms. The van der Waals surface area contributed by atoms with Crippen molar-refractivity contribution in [3.05, 3.63) is 158 Å². The van der Waals surface area contributed by atoms with E-state index in [9.17, 15) is 0 Å². The summed E-state index contributed by atoms with van der Waals surface area (Å²) >= 11 is 1.86. The maximum atomic E-state index is 6.60. The number of rotatable bonds is 5. The average Bonchev–Trinajstić information content (AvgIpc) is 3.73. The first-order chi connectivity index (χ1) is 25.1. The third-order valence-corrected chi connectivity index (χ3v) is 17.6. The van der Waals surface area contributed by atoms with Crippen LogP contribution in [0.25, 0.3) is 42.6 Å². The van der Waals surface area contributed by atoms with Crippen LogP contribution in [0.5, 0.6) is 11.5 Å². The van der Waals surface area contributed by atoms with Gasteiger partial charge < -0.3 is 14.2 Å². The topological polar surface area (TPSA) is 43.2 Å². The van der Waals surface area contributed by atoms with Crippen molar-refractivity contribution in [2.24, 2.45) is 7.05 Å². The zero-order valence-corrected chi connectivity index (χ0v) is 32.4. The van der Waals surface area contributed by atoms with Gasteiger partial charge in [0.2, 0.25) is 0 Å². The molecule has 0 bridgehead atoms. The molecular formula is C43H29N4OPPdSSi. The maximum absolute atomic E-state index is 6.60. The molecule has 1 aliphatic heterocycles. The Morgan fingerprint density at radius 2 is 1.52 bits per heavy atom. The normalized spacial score (nSPS) is 15.0. The van der Waals surface area contributed by atoms with Gasteiger partial charge in [-0.1, -0.05) is 83.7 Å². The summed E-state index contributed by atoms with van der Waals surface area (Å²) in [4.78, 5) is 12.1. The van der Waals surface area contributed by atoms with Crippen LogP contribution in [0, 0.1) is 12.1 Å². The van der Waals surface area contributed by atoms with Gasteiger partial charge in [-0.2, -0.15) is 6.07 Å². The zero-order chi connectivity index (χ0) is 34.1. The Hall–Kier alpha value is -4.93. The van der Waals surface area contributed by atoms with Crippen molar-refractivity contribution in [3.63, 3.8) is 0 Å². The Morgan fingerprint density at radius 1 is 0.731 bits per heavy atom. The number of aromatic nitrogens is 3. The van der Waals surface area contributed by atoms with Crippen molar-refractivity contribution in [2.75, 3.05) is 4.90 Å². The van der Waals surface area contributed by atoms with Crippen molar-refractivity contribution >= 4 is 91.8 Å². The van der Waals surface area contributed by atoms with Crippen LogP contribution in [-0.4, -0.2) is 22.3 Å². The van der Waals surface area contributed by atoms with Gasteiger partial charge in [0.1, 0.15) is 13.6 Å². The molecule has 52 heavy (non-hydrogen) atoms. The molecule has 252 valence electrons. The number of ether oxygens (including phenoxy) is 1. The Bertz CT molecular complexity index is 2790. The maximum Gasteiger partial charge on any atom is 2.00 e. The Balaban J connectivity index is 0.00000360. The molecule has 9 heteroatoms. The predicted molar refractivity (Wildman–Crippen MR) is 217 cm³/mol. The standard InChI is InChI=1S/C43H29N4OPSSi.Pd/c1-46-34-18-7-6-17-33(34)45-43(46)28-12-11-13-29(26-28)48-30-21-24-39-36(27-30)47(40-20-9-10-25-44-40)35-22-23-38-41(32-16-5-8-19-37(32)50-38)42(35)51(39,49)31-14-3-2-4-15-31;/h2-25H,49H2,1H3;/q-2;+2. The van der Waals surface area contributed by atoms with Crippen molar-refractivity contribution in [1.82, 2.24) is 14.5 Å². The van der Waals surface area contributed by atoms with E-state index in [-0.39, 0.29) is 20.4 Å². The van der Waals surface area contributed by atoms with Crippen molar-refractivity contribution in [3.8, 4) is 22.9 Å². The first-order valence-electron chi connectivity index (χ1n) is 16.8. The summed E-state index contributed by atoms with van der Waals surface area (Å²) < 4.78 is 11.3. The third kappa shape index (κ3) is 5.10. The first kappa shape index (κ1) is 32.9. The fourth-order valence-corrected chi connectivity index (χ4v) is 14.6. The molecule has 0 amide bonds. The molecule has 10 rings (SSSR count). The minimum atomic E-state index is -2.72. The SMILES string of the molecule is Cn1c(-c2[c-]c(Oc3[c-]c4c(cc3)[Si](P)(c3ccccc3)c3c(ccc5sc6ccccc6c35)N4c3ccccn3)ccc2)nc2ccccc21.[Pd+2]. The molecule has 4 heterocycles. The molecule has 0 radical (unpaired) electrons. The second-order valence-electron chi connectivity index (χ2n) is 12.7. The van der Waals surface area contributed by atoms with Crippen LogP contribution in [0.15, 0.2) is 146 Å². The van der Waals surface area contributed by atoms with E-state index in [0.29, 0.717) is 11.5 Å². The fraction of sp³-hybridized carbons (Fsp3) is 0.0233. The average molecular weight is 815 g/mol. The Kier molecular flexibility index (Phi) is 8.19. The molecule has 0 fully saturated rings. The number of benzene rings is 6. The van der Waals surface area contributed by atoms with E-state index in [1.54, 1.807) is 0 Å². The number of para-hydroxylation sites is 2. The molecule has 2 atom stereocenters. The van der Waals surface area contributed by atoms with E-state index in [1.165, 1.54) is 35.7 Å². The molecule has 9 aromatic rings. The third-order valence-electron chi connectivity index (χ3n) is 9.83. The van der Waals surface area contributed by atoms with Crippen LogP contribution in [0.1, 0.15) is 0 Å². The molecule has 0 N–H and O–H groups in total. The molecule has 1 aliphatic rings. The molecule has 5 nitrogen and oxygen atoms in total. The van der Waals surface area contributed by atoms with Crippen LogP contribution in [-0.2, 0) is 27.5 Å². The van der Waals surface area contributed by atoms with E-state index in [4.69, 9.17) is 14.7 Å². The fourth-order valence-electron chi connectivity index (χ4n) is 7.53. The molecule has 2 unspecified atom stereocenters. The van der Waals surface area contributed by atoms with Gasteiger partial charge in [0.25, 0.3) is 0 Å². The Morgan fingerprint density at radius 3 is 2.37 bits per heavy atom. The predicted octanol–water partition coefficient (Wildman–Crippen LogP) is 9.02. The number of hydrogen-bond donors (Lipinski definition) is 0. The summed E-state index contributed by atoms with van der Waals surface area (Å²) in [5.41, 5.74) is 4.94. The van der Waals surface area contributed by atoms with Gasteiger partial charge >= 0.3 is 20.4 Å². The van der Waals surface area contributed by atoms with E-state index in [1.807, 2.05) is 73.1 Å². The number of hydrogen-bond acceptors (Lipinski definition) is 5. The quantitative estimate of drug-likeness (QED) is 0.0989. The van der Waals surface area contributed by atoms with Gasteiger partial charge in [0.15, 0.2) is 0 Å². The number of pyridine rings is 1. The van der Waals surface area contributed by atoms with Gasteiger partial charge in [-0.15, -0.1) is 61.2 Å². The number of fused-ring (bicyclic) bond motifs is 7. The number of thiophene rings is 1. The van der Waals surface area contributed by atoms with Gasteiger partial charge in [-0.05, 0) is 47.7 Å². The monoisotopic (exact) mass is 814 g/mol. The summed E-state index contributed by atoms with van der Waals surface area (Å²) in [5, 5.41) is 6.50. The second-order valence-corrected chi connectivity index (χ2v) is 19.6. The molecule has 0 aliphatic carbocycles. The van der Waals surface area contributed by atoms with Gasteiger partial charge in [-0.3, -0.25) is 4.98 Å². The van der Waals surface area contributed by atoms with Crippen molar-refractivity contribution in [1.29, 1.82) is 0 Å². The van der Waals surface area contributed by atoms with E-state index in [2.05, 4.69) is 121 Å². The summed E-state index contributed by atoms with van der Waals surface area (Å²) in [7, 11) is 2.73. The number of imidazole rings is 1. The van der Waals surface area contributed by atoms with Gasteiger partial charge in [-0.25, -0.2) is 4.98 Å². The first-order valence-corrected chi connectivity index (χ1v) is 21.4. The number of nitrogens with zero attached hydrogens (tertiary/aromatic N) is 4. The Labute approximate surface area is 322 Å². The number of anilines is 3. The summed E-state index contributed by atoms with van der Waals surface area (Å²) in [6.07, 6.45) is 1.85. The van der Waals surface area contributed by atoms with E-state index >= 15 is 0 Å². The van der Waals surface area contributed by atoms with E-state index in [0.717, 1.165) is 39.6 Å².